The van der Waals surface area contributed by atoms with Crippen LogP contribution < -0.4 is 10.6 Å². The van der Waals surface area contributed by atoms with E-state index in [-0.39, 0.29) is 5.91 Å². The Morgan fingerprint density at radius 3 is 2.25 bits per heavy atom. The van der Waals surface area contributed by atoms with Gasteiger partial charge in [-0.2, -0.15) is 0 Å². The summed E-state index contributed by atoms with van der Waals surface area (Å²) in [6.45, 7) is 2.45. The van der Waals surface area contributed by atoms with E-state index in [2.05, 4.69) is 22.8 Å². The highest BCUT2D eigenvalue weighted by Gasteiger charge is 2.10. The van der Waals surface area contributed by atoms with E-state index in [1.54, 1.807) is 0 Å². The van der Waals surface area contributed by atoms with Crippen molar-refractivity contribution in [2.24, 2.45) is 0 Å². The third-order valence-corrected chi connectivity index (χ3v) is 3.97. The van der Waals surface area contributed by atoms with E-state index in [0.29, 0.717) is 6.04 Å². The maximum Gasteiger partial charge on any atom is 0.221 e. The second-order valence-corrected chi connectivity index (χ2v) is 5.80. The predicted molar refractivity (Wildman–Crippen MR) is 83.7 cm³/mol. The van der Waals surface area contributed by atoms with Crippen LogP contribution >= 0.6 is 0 Å². The average molecular weight is 274 g/mol. The molecule has 1 aliphatic rings. The van der Waals surface area contributed by atoms with Crippen molar-refractivity contribution >= 4 is 11.6 Å². The Hall–Kier alpha value is -1.35. The number of anilines is 1. The van der Waals surface area contributed by atoms with Crippen LogP contribution in [-0.2, 0) is 11.3 Å². The van der Waals surface area contributed by atoms with Crippen LogP contribution in [0.25, 0.3) is 0 Å². The molecule has 1 aromatic carbocycles. The first-order valence-electron chi connectivity index (χ1n) is 7.84. The lowest BCUT2D eigenvalue weighted by Crippen LogP contribution is -2.29. The van der Waals surface area contributed by atoms with E-state index in [4.69, 9.17) is 0 Å². The van der Waals surface area contributed by atoms with E-state index in [9.17, 15) is 4.79 Å². The molecule has 110 valence electrons. The van der Waals surface area contributed by atoms with Crippen LogP contribution in [0.1, 0.15) is 57.4 Å². The number of rotatable bonds is 4. The summed E-state index contributed by atoms with van der Waals surface area (Å²) >= 11 is 0. The minimum absolute atomic E-state index is 0.0228. The molecule has 0 bridgehead atoms. The van der Waals surface area contributed by atoms with Gasteiger partial charge in [0, 0.05) is 25.2 Å². The van der Waals surface area contributed by atoms with Gasteiger partial charge in [0.1, 0.15) is 0 Å². The molecule has 3 nitrogen and oxygen atoms in total. The number of carbonyl (C=O) groups is 1. The molecule has 0 saturated heterocycles. The van der Waals surface area contributed by atoms with E-state index in [1.807, 2.05) is 12.1 Å². The van der Waals surface area contributed by atoms with Crippen molar-refractivity contribution in [1.29, 1.82) is 0 Å². The second-order valence-electron chi connectivity index (χ2n) is 5.80. The van der Waals surface area contributed by atoms with Gasteiger partial charge in [-0.3, -0.25) is 4.79 Å². The SMILES string of the molecule is CC(=O)Nc1ccc(CNC2CCCCCCC2)cc1. The van der Waals surface area contributed by atoms with Gasteiger partial charge in [-0.05, 0) is 30.5 Å². The molecule has 0 heterocycles. The molecule has 20 heavy (non-hydrogen) atoms. The van der Waals surface area contributed by atoms with Crippen LogP contribution in [0, 0.1) is 0 Å². The Morgan fingerprint density at radius 1 is 1.05 bits per heavy atom. The zero-order valence-corrected chi connectivity index (χ0v) is 12.5. The van der Waals surface area contributed by atoms with Crippen molar-refractivity contribution in [2.45, 2.75) is 64.5 Å². The Balaban J connectivity index is 1.79. The lowest BCUT2D eigenvalue weighted by atomic mass is 9.96. The third-order valence-electron chi connectivity index (χ3n) is 3.97. The maximum absolute atomic E-state index is 11.0. The molecule has 0 aromatic heterocycles. The second kappa shape index (κ2) is 8.05. The number of nitrogens with one attached hydrogen (secondary N) is 2. The van der Waals surface area contributed by atoms with Crippen molar-refractivity contribution < 1.29 is 4.79 Å². The lowest BCUT2D eigenvalue weighted by Gasteiger charge is -2.21. The van der Waals surface area contributed by atoms with Crippen LogP contribution in [0.3, 0.4) is 0 Å². The normalized spacial score (nSPS) is 17.2. The van der Waals surface area contributed by atoms with E-state index in [0.717, 1.165) is 12.2 Å². The molecule has 1 aliphatic carbocycles. The van der Waals surface area contributed by atoms with Gasteiger partial charge in [-0.1, -0.05) is 44.2 Å². The van der Waals surface area contributed by atoms with Crippen LogP contribution in [0.2, 0.25) is 0 Å². The minimum Gasteiger partial charge on any atom is -0.326 e. The van der Waals surface area contributed by atoms with Crippen molar-refractivity contribution in [3.05, 3.63) is 29.8 Å². The van der Waals surface area contributed by atoms with Gasteiger partial charge in [-0.25, -0.2) is 0 Å². The fourth-order valence-corrected chi connectivity index (χ4v) is 2.83. The van der Waals surface area contributed by atoms with Crippen LogP contribution in [0.15, 0.2) is 24.3 Å². The lowest BCUT2D eigenvalue weighted by molar-refractivity contribution is -0.114. The van der Waals surface area contributed by atoms with Crippen LogP contribution in [-0.4, -0.2) is 11.9 Å². The molecule has 1 fully saturated rings. The monoisotopic (exact) mass is 274 g/mol. The Morgan fingerprint density at radius 2 is 1.65 bits per heavy atom. The fourth-order valence-electron chi connectivity index (χ4n) is 2.83. The highest BCUT2D eigenvalue weighted by Crippen LogP contribution is 2.17. The van der Waals surface area contributed by atoms with Gasteiger partial charge in [-0.15, -0.1) is 0 Å². The zero-order chi connectivity index (χ0) is 14.2. The number of carbonyl (C=O) groups excluding carboxylic acids is 1. The summed E-state index contributed by atoms with van der Waals surface area (Å²) in [4.78, 5) is 11.0. The highest BCUT2D eigenvalue weighted by molar-refractivity contribution is 5.88. The first-order chi connectivity index (χ1) is 9.74. The Bertz CT molecular complexity index is 406. The molecular formula is C17H26N2O. The van der Waals surface area contributed by atoms with Crippen molar-refractivity contribution in [1.82, 2.24) is 5.32 Å². The summed E-state index contributed by atoms with van der Waals surface area (Å²) in [5.41, 5.74) is 2.15. The smallest absolute Gasteiger partial charge is 0.221 e. The third kappa shape index (κ3) is 5.33. The van der Waals surface area contributed by atoms with Crippen molar-refractivity contribution in [2.75, 3.05) is 5.32 Å². The molecule has 0 atom stereocenters. The van der Waals surface area contributed by atoms with E-state index < -0.39 is 0 Å². The molecule has 1 aromatic rings. The summed E-state index contributed by atoms with van der Waals surface area (Å²) in [7, 11) is 0. The molecule has 3 heteroatoms. The summed E-state index contributed by atoms with van der Waals surface area (Å²) in [6.07, 6.45) is 9.54. The van der Waals surface area contributed by atoms with E-state index >= 15 is 0 Å². The average Bonchev–Trinajstić information content (AvgIpc) is 2.38. The fraction of sp³-hybridized carbons (Fsp3) is 0.588. The molecule has 2 N–H and O–H groups in total. The highest BCUT2D eigenvalue weighted by atomic mass is 16.1. The first kappa shape index (κ1) is 15.0. The largest absolute Gasteiger partial charge is 0.326 e. The van der Waals surface area contributed by atoms with Gasteiger partial charge >= 0.3 is 0 Å². The topological polar surface area (TPSA) is 41.1 Å². The summed E-state index contributed by atoms with van der Waals surface area (Å²) in [5, 5.41) is 6.47. The molecule has 0 spiro atoms. The number of benzene rings is 1. The summed E-state index contributed by atoms with van der Waals surface area (Å²) in [6, 6.07) is 8.78. The molecule has 0 aliphatic heterocycles. The minimum atomic E-state index is -0.0228. The van der Waals surface area contributed by atoms with Crippen LogP contribution in [0.4, 0.5) is 5.69 Å². The van der Waals surface area contributed by atoms with Crippen molar-refractivity contribution in [3.63, 3.8) is 0 Å². The zero-order valence-electron chi connectivity index (χ0n) is 12.5. The van der Waals surface area contributed by atoms with Gasteiger partial charge in [0.2, 0.25) is 5.91 Å². The van der Waals surface area contributed by atoms with Crippen molar-refractivity contribution in [3.8, 4) is 0 Å². The molecule has 2 rings (SSSR count). The summed E-state index contributed by atoms with van der Waals surface area (Å²) < 4.78 is 0. The van der Waals surface area contributed by atoms with E-state index in [1.165, 1.54) is 57.4 Å². The molecule has 1 amide bonds. The standard InChI is InChI=1S/C17H26N2O/c1-14(20)19-17-11-9-15(10-12-17)13-18-16-7-5-3-2-4-6-8-16/h9-12,16,18H,2-8,13H2,1H3,(H,19,20). The number of hydrogen-bond donors (Lipinski definition) is 2. The van der Waals surface area contributed by atoms with Gasteiger partial charge in [0.05, 0.1) is 0 Å². The first-order valence-corrected chi connectivity index (χ1v) is 7.84. The quantitative estimate of drug-likeness (QED) is 0.875. The molecule has 1 saturated carbocycles. The Kier molecular flexibility index (Phi) is 6.06. The predicted octanol–water partition coefficient (Wildman–Crippen LogP) is 3.85. The maximum atomic E-state index is 11.0. The number of hydrogen-bond acceptors (Lipinski definition) is 2. The summed E-state index contributed by atoms with van der Waals surface area (Å²) in [5.74, 6) is -0.0228. The molecule has 0 radical (unpaired) electrons. The number of amides is 1. The van der Waals surface area contributed by atoms with Gasteiger partial charge in [0.25, 0.3) is 0 Å². The molecular weight excluding hydrogens is 248 g/mol. The molecule has 0 unspecified atom stereocenters. The van der Waals surface area contributed by atoms with Gasteiger partial charge < -0.3 is 10.6 Å². The Labute approximate surface area is 122 Å². The van der Waals surface area contributed by atoms with Gasteiger partial charge in [0.15, 0.2) is 0 Å². The van der Waals surface area contributed by atoms with Crippen LogP contribution in [0.5, 0.6) is 0 Å².